The standard InChI is InChI=1S/C9H5F2N3/c10-9(11)5-2-1-3-6-8(5)14-7(4-12)13-6/h1-3,9H,(H,13,14). The second-order valence-electron chi connectivity index (χ2n) is 2.74. The highest BCUT2D eigenvalue weighted by Gasteiger charge is 2.14. The first-order valence-corrected chi connectivity index (χ1v) is 3.89. The van der Waals surface area contributed by atoms with Crippen LogP contribution in [0.5, 0.6) is 0 Å². The maximum Gasteiger partial charge on any atom is 0.266 e. The first-order chi connectivity index (χ1) is 6.72. The van der Waals surface area contributed by atoms with Crippen molar-refractivity contribution in [3.63, 3.8) is 0 Å². The second-order valence-corrected chi connectivity index (χ2v) is 2.74. The third-order valence-corrected chi connectivity index (χ3v) is 1.88. The molecule has 5 heteroatoms. The number of benzene rings is 1. The minimum atomic E-state index is -2.58. The molecule has 0 fully saturated rings. The van der Waals surface area contributed by atoms with Crippen LogP contribution in [-0.2, 0) is 0 Å². The van der Waals surface area contributed by atoms with Crippen LogP contribution in [0.1, 0.15) is 17.8 Å². The van der Waals surface area contributed by atoms with Gasteiger partial charge in [-0.15, -0.1) is 0 Å². The van der Waals surface area contributed by atoms with Crippen molar-refractivity contribution in [1.82, 2.24) is 9.97 Å². The van der Waals surface area contributed by atoms with Crippen molar-refractivity contribution in [2.45, 2.75) is 6.43 Å². The zero-order valence-electron chi connectivity index (χ0n) is 6.96. The Labute approximate surface area is 78.0 Å². The number of halogens is 2. The van der Waals surface area contributed by atoms with Crippen LogP contribution in [0.2, 0.25) is 0 Å². The Morgan fingerprint density at radius 2 is 2.21 bits per heavy atom. The lowest BCUT2D eigenvalue weighted by Crippen LogP contribution is -1.85. The molecule has 1 N–H and O–H groups in total. The van der Waals surface area contributed by atoms with Gasteiger partial charge in [0, 0.05) is 5.56 Å². The van der Waals surface area contributed by atoms with Gasteiger partial charge in [0.25, 0.3) is 6.43 Å². The maximum atomic E-state index is 12.5. The number of imidazole rings is 1. The van der Waals surface area contributed by atoms with Crippen molar-refractivity contribution in [1.29, 1.82) is 5.26 Å². The predicted octanol–water partition coefficient (Wildman–Crippen LogP) is 2.37. The fourth-order valence-electron chi connectivity index (χ4n) is 1.28. The van der Waals surface area contributed by atoms with Gasteiger partial charge in [-0.3, -0.25) is 0 Å². The highest BCUT2D eigenvalue weighted by molar-refractivity contribution is 5.79. The van der Waals surface area contributed by atoms with Crippen molar-refractivity contribution < 1.29 is 8.78 Å². The molecule has 1 heterocycles. The number of para-hydroxylation sites is 1. The smallest absolute Gasteiger partial charge is 0.266 e. The molecule has 0 aliphatic heterocycles. The van der Waals surface area contributed by atoms with Crippen LogP contribution in [-0.4, -0.2) is 9.97 Å². The zero-order valence-corrected chi connectivity index (χ0v) is 6.96. The lowest BCUT2D eigenvalue weighted by atomic mass is 10.2. The molecule has 2 aromatic rings. The van der Waals surface area contributed by atoms with Gasteiger partial charge in [0.05, 0.1) is 11.0 Å². The summed E-state index contributed by atoms with van der Waals surface area (Å²) in [6.07, 6.45) is -2.58. The molecule has 0 aliphatic carbocycles. The summed E-state index contributed by atoms with van der Waals surface area (Å²) in [5, 5.41) is 8.54. The van der Waals surface area contributed by atoms with E-state index in [-0.39, 0.29) is 16.9 Å². The van der Waals surface area contributed by atoms with E-state index in [2.05, 4.69) is 9.97 Å². The van der Waals surface area contributed by atoms with Crippen LogP contribution < -0.4 is 0 Å². The van der Waals surface area contributed by atoms with Crippen LogP contribution >= 0.6 is 0 Å². The van der Waals surface area contributed by atoms with E-state index in [1.807, 2.05) is 0 Å². The molecule has 3 nitrogen and oxygen atoms in total. The molecule has 0 bridgehead atoms. The summed E-state index contributed by atoms with van der Waals surface area (Å²) in [4.78, 5) is 6.39. The van der Waals surface area contributed by atoms with Gasteiger partial charge >= 0.3 is 0 Å². The largest absolute Gasteiger partial charge is 0.329 e. The zero-order chi connectivity index (χ0) is 10.1. The number of rotatable bonds is 1. The SMILES string of the molecule is N#Cc1nc2c(C(F)F)cccc2[nH]1. The lowest BCUT2D eigenvalue weighted by molar-refractivity contribution is 0.153. The number of hydrogen-bond donors (Lipinski definition) is 1. The molecular formula is C9H5F2N3. The number of nitrogens with zero attached hydrogens (tertiary/aromatic N) is 2. The van der Waals surface area contributed by atoms with Crippen molar-refractivity contribution in [2.24, 2.45) is 0 Å². The average Bonchev–Trinajstić information content (AvgIpc) is 2.59. The van der Waals surface area contributed by atoms with Crippen molar-refractivity contribution in [2.75, 3.05) is 0 Å². The highest BCUT2D eigenvalue weighted by Crippen LogP contribution is 2.25. The minimum Gasteiger partial charge on any atom is -0.329 e. The molecule has 0 saturated heterocycles. The molecule has 0 unspecified atom stereocenters. The van der Waals surface area contributed by atoms with E-state index < -0.39 is 6.43 Å². The molecule has 0 aliphatic rings. The summed E-state index contributed by atoms with van der Waals surface area (Å²) in [6, 6.07) is 6.18. The number of H-pyrrole nitrogens is 1. The van der Waals surface area contributed by atoms with E-state index >= 15 is 0 Å². The Morgan fingerprint density at radius 3 is 2.86 bits per heavy atom. The summed E-state index contributed by atoms with van der Waals surface area (Å²) in [5.74, 6) is 0.0492. The van der Waals surface area contributed by atoms with Gasteiger partial charge in [-0.1, -0.05) is 12.1 Å². The number of fused-ring (bicyclic) bond motifs is 1. The van der Waals surface area contributed by atoms with Gasteiger partial charge in [0.15, 0.2) is 0 Å². The molecule has 0 atom stereocenters. The number of nitrogens with one attached hydrogen (secondary N) is 1. The second kappa shape index (κ2) is 3.07. The summed E-state index contributed by atoms with van der Waals surface area (Å²) in [6.45, 7) is 0. The maximum absolute atomic E-state index is 12.5. The van der Waals surface area contributed by atoms with Gasteiger partial charge in [0.2, 0.25) is 5.82 Å². The van der Waals surface area contributed by atoms with Gasteiger partial charge in [0.1, 0.15) is 6.07 Å². The summed E-state index contributed by atoms with van der Waals surface area (Å²) in [5.41, 5.74) is 0.471. The van der Waals surface area contributed by atoms with Crippen LogP contribution in [0.15, 0.2) is 18.2 Å². The molecule has 1 aromatic heterocycles. The predicted molar refractivity (Wildman–Crippen MR) is 45.8 cm³/mol. The molecular weight excluding hydrogens is 188 g/mol. The van der Waals surface area contributed by atoms with Crippen molar-refractivity contribution in [3.8, 4) is 6.07 Å². The topological polar surface area (TPSA) is 52.5 Å². The Bertz CT molecular complexity index is 510. The van der Waals surface area contributed by atoms with Crippen LogP contribution in [0.25, 0.3) is 11.0 Å². The molecule has 14 heavy (non-hydrogen) atoms. The normalized spacial score (nSPS) is 10.7. The third-order valence-electron chi connectivity index (χ3n) is 1.88. The monoisotopic (exact) mass is 193 g/mol. The van der Waals surface area contributed by atoms with E-state index in [1.165, 1.54) is 12.1 Å². The number of aromatic amines is 1. The quantitative estimate of drug-likeness (QED) is 0.755. The molecule has 0 spiro atoms. The Kier molecular flexibility index (Phi) is 1.89. The number of nitriles is 1. The van der Waals surface area contributed by atoms with Crippen molar-refractivity contribution >= 4 is 11.0 Å². The Morgan fingerprint density at radius 1 is 1.43 bits per heavy atom. The summed E-state index contributed by atoms with van der Waals surface area (Å²) >= 11 is 0. The molecule has 70 valence electrons. The summed E-state index contributed by atoms with van der Waals surface area (Å²) in [7, 11) is 0. The Balaban J connectivity index is 2.74. The molecule has 1 aromatic carbocycles. The van der Waals surface area contributed by atoms with Crippen LogP contribution in [0.3, 0.4) is 0 Å². The minimum absolute atomic E-state index is 0.0492. The van der Waals surface area contributed by atoms with E-state index in [9.17, 15) is 8.78 Å². The molecule has 0 saturated carbocycles. The molecule has 2 rings (SSSR count). The number of alkyl halides is 2. The van der Waals surface area contributed by atoms with E-state index in [0.717, 1.165) is 0 Å². The average molecular weight is 193 g/mol. The molecule has 0 amide bonds. The van der Waals surface area contributed by atoms with E-state index in [1.54, 1.807) is 12.1 Å². The molecule has 0 radical (unpaired) electrons. The summed E-state index contributed by atoms with van der Waals surface area (Å²) < 4.78 is 24.9. The first kappa shape index (κ1) is 8.63. The first-order valence-electron chi connectivity index (χ1n) is 3.89. The van der Waals surface area contributed by atoms with E-state index in [4.69, 9.17) is 5.26 Å². The lowest BCUT2D eigenvalue weighted by Gasteiger charge is -1.98. The number of aromatic nitrogens is 2. The third kappa shape index (κ3) is 1.21. The van der Waals surface area contributed by atoms with E-state index in [0.29, 0.717) is 5.52 Å². The fourth-order valence-corrected chi connectivity index (χ4v) is 1.28. The number of hydrogen-bond acceptors (Lipinski definition) is 2. The van der Waals surface area contributed by atoms with Gasteiger partial charge in [-0.25, -0.2) is 13.8 Å². The fraction of sp³-hybridized carbons (Fsp3) is 0.111. The van der Waals surface area contributed by atoms with Crippen LogP contribution in [0, 0.1) is 11.3 Å². The van der Waals surface area contributed by atoms with Gasteiger partial charge in [-0.2, -0.15) is 5.26 Å². The van der Waals surface area contributed by atoms with Gasteiger partial charge in [-0.05, 0) is 6.07 Å². The highest BCUT2D eigenvalue weighted by atomic mass is 19.3. The van der Waals surface area contributed by atoms with Gasteiger partial charge < -0.3 is 4.98 Å². The Hall–Kier alpha value is -1.96. The van der Waals surface area contributed by atoms with Crippen LogP contribution in [0.4, 0.5) is 8.78 Å². The van der Waals surface area contributed by atoms with Crippen molar-refractivity contribution in [3.05, 3.63) is 29.6 Å².